The fourth-order valence-electron chi connectivity index (χ4n) is 2.58. The van der Waals surface area contributed by atoms with Gasteiger partial charge in [-0.3, -0.25) is 9.78 Å². The quantitative estimate of drug-likeness (QED) is 0.916. The van der Waals surface area contributed by atoms with E-state index < -0.39 is 0 Å². The molecule has 0 bridgehead atoms. The Bertz CT molecular complexity index is 637. The number of carbonyl (C=O) groups excluding carboxylic acids is 1. The van der Waals surface area contributed by atoms with Gasteiger partial charge in [-0.05, 0) is 31.2 Å². The van der Waals surface area contributed by atoms with E-state index in [1.165, 1.54) is 0 Å². The molecule has 1 aliphatic heterocycles. The van der Waals surface area contributed by atoms with Crippen LogP contribution in [0.15, 0.2) is 36.7 Å². The number of hydrogen-bond acceptors (Lipinski definition) is 6. The van der Waals surface area contributed by atoms with Crippen LogP contribution in [0.1, 0.15) is 17.3 Å². The zero-order chi connectivity index (χ0) is 16.1. The van der Waals surface area contributed by atoms with Crippen molar-refractivity contribution < 1.29 is 4.79 Å². The average Bonchev–Trinajstić information content (AvgIpc) is 2.63. The van der Waals surface area contributed by atoms with Gasteiger partial charge in [0.05, 0.1) is 5.56 Å². The number of nitrogens with zero attached hydrogens (tertiary/aromatic N) is 5. The number of amides is 1. The number of hydrogen-bond donors (Lipinski definition) is 1. The van der Waals surface area contributed by atoms with Crippen LogP contribution in [0.3, 0.4) is 0 Å². The molecule has 0 aromatic carbocycles. The predicted molar refractivity (Wildman–Crippen MR) is 88.5 cm³/mol. The third-order valence-corrected chi connectivity index (χ3v) is 3.81. The Hall–Kier alpha value is -2.70. The molecule has 0 saturated carbocycles. The number of rotatable bonds is 4. The molecule has 3 heterocycles. The molecule has 1 N–H and O–H groups in total. The van der Waals surface area contributed by atoms with E-state index in [2.05, 4.69) is 25.4 Å². The first-order valence-corrected chi connectivity index (χ1v) is 7.80. The number of piperazine rings is 1. The van der Waals surface area contributed by atoms with E-state index in [-0.39, 0.29) is 5.91 Å². The molecule has 0 atom stereocenters. The number of nitrogens with one attached hydrogen (secondary N) is 1. The second kappa shape index (κ2) is 7.04. The van der Waals surface area contributed by atoms with Gasteiger partial charge in [0.25, 0.3) is 5.91 Å². The van der Waals surface area contributed by atoms with Crippen molar-refractivity contribution in [3.63, 3.8) is 0 Å². The van der Waals surface area contributed by atoms with E-state index in [4.69, 9.17) is 0 Å². The third kappa shape index (κ3) is 3.56. The highest BCUT2D eigenvalue weighted by atomic mass is 16.2. The van der Waals surface area contributed by atoms with Crippen LogP contribution in [0.4, 0.5) is 11.6 Å². The van der Waals surface area contributed by atoms with Gasteiger partial charge < -0.3 is 15.1 Å². The molecule has 120 valence electrons. The fourth-order valence-corrected chi connectivity index (χ4v) is 2.58. The first kappa shape index (κ1) is 15.2. The first-order valence-electron chi connectivity index (χ1n) is 7.80. The molecule has 1 amide bonds. The van der Waals surface area contributed by atoms with Gasteiger partial charge in [0.2, 0.25) is 0 Å². The van der Waals surface area contributed by atoms with E-state index in [9.17, 15) is 4.79 Å². The smallest absolute Gasteiger partial charge is 0.255 e. The first-order chi connectivity index (χ1) is 11.3. The predicted octanol–water partition coefficient (Wildman–Crippen LogP) is 1.27. The summed E-state index contributed by atoms with van der Waals surface area (Å²) in [6, 6.07) is 7.47. The second-order valence-electron chi connectivity index (χ2n) is 5.33. The van der Waals surface area contributed by atoms with Crippen molar-refractivity contribution in [3.05, 3.63) is 42.2 Å². The Morgan fingerprint density at radius 3 is 2.61 bits per heavy atom. The van der Waals surface area contributed by atoms with Crippen LogP contribution in [0.5, 0.6) is 0 Å². The van der Waals surface area contributed by atoms with E-state index in [1.807, 2.05) is 24.0 Å². The van der Waals surface area contributed by atoms with Gasteiger partial charge in [-0.2, -0.15) is 0 Å². The van der Waals surface area contributed by atoms with Crippen molar-refractivity contribution in [1.29, 1.82) is 0 Å². The number of pyridine rings is 1. The maximum Gasteiger partial charge on any atom is 0.255 e. The molecule has 1 aliphatic rings. The molecule has 2 aromatic rings. The zero-order valence-electron chi connectivity index (χ0n) is 13.1. The summed E-state index contributed by atoms with van der Waals surface area (Å²) in [7, 11) is 0. The Kier molecular flexibility index (Phi) is 4.65. The molecule has 7 nitrogen and oxygen atoms in total. The summed E-state index contributed by atoms with van der Waals surface area (Å²) in [5.41, 5.74) is 0.635. The average molecular weight is 312 g/mol. The topological polar surface area (TPSA) is 74.2 Å². The minimum absolute atomic E-state index is 0.0336. The van der Waals surface area contributed by atoms with Crippen molar-refractivity contribution in [2.24, 2.45) is 0 Å². The highest BCUT2D eigenvalue weighted by Crippen LogP contribution is 2.15. The van der Waals surface area contributed by atoms with E-state index >= 15 is 0 Å². The molecule has 1 fully saturated rings. The Balaban J connectivity index is 1.59. The van der Waals surface area contributed by atoms with Crippen molar-refractivity contribution in [3.8, 4) is 0 Å². The monoisotopic (exact) mass is 312 g/mol. The van der Waals surface area contributed by atoms with Gasteiger partial charge in [0.1, 0.15) is 5.82 Å². The van der Waals surface area contributed by atoms with E-state index in [0.29, 0.717) is 18.7 Å². The highest BCUT2D eigenvalue weighted by Gasteiger charge is 2.23. The van der Waals surface area contributed by atoms with Gasteiger partial charge in [-0.1, -0.05) is 0 Å². The third-order valence-electron chi connectivity index (χ3n) is 3.81. The van der Waals surface area contributed by atoms with Crippen LogP contribution in [0.2, 0.25) is 0 Å². The summed E-state index contributed by atoms with van der Waals surface area (Å²) in [5.74, 6) is 1.66. The molecule has 1 saturated heterocycles. The van der Waals surface area contributed by atoms with Gasteiger partial charge in [0, 0.05) is 45.1 Å². The van der Waals surface area contributed by atoms with Crippen LogP contribution < -0.4 is 10.2 Å². The van der Waals surface area contributed by atoms with Crippen molar-refractivity contribution in [1.82, 2.24) is 20.1 Å². The Labute approximate surface area is 135 Å². The molecule has 3 rings (SSSR count). The lowest BCUT2D eigenvalue weighted by Crippen LogP contribution is -2.49. The maximum absolute atomic E-state index is 12.4. The number of carbonyl (C=O) groups is 1. The lowest BCUT2D eigenvalue weighted by molar-refractivity contribution is 0.0746. The van der Waals surface area contributed by atoms with Gasteiger partial charge in [-0.15, -0.1) is 10.2 Å². The van der Waals surface area contributed by atoms with Crippen molar-refractivity contribution in [2.75, 3.05) is 42.9 Å². The van der Waals surface area contributed by atoms with Gasteiger partial charge in [-0.25, -0.2) is 0 Å². The normalized spacial score (nSPS) is 14.7. The number of anilines is 2. The second-order valence-corrected chi connectivity index (χ2v) is 5.33. The lowest BCUT2D eigenvalue weighted by Gasteiger charge is -2.35. The van der Waals surface area contributed by atoms with E-state index in [1.54, 1.807) is 24.5 Å². The summed E-state index contributed by atoms with van der Waals surface area (Å²) < 4.78 is 0. The Morgan fingerprint density at radius 2 is 2.00 bits per heavy atom. The van der Waals surface area contributed by atoms with Gasteiger partial charge >= 0.3 is 0 Å². The van der Waals surface area contributed by atoms with Crippen LogP contribution in [0.25, 0.3) is 0 Å². The summed E-state index contributed by atoms with van der Waals surface area (Å²) in [6.45, 7) is 5.69. The maximum atomic E-state index is 12.4. The van der Waals surface area contributed by atoms with Crippen LogP contribution >= 0.6 is 0 Å². The van der Waals surface area contributed by atoms with Crippen LogP contribution in [-0.4, -0.2) is 58.7 Å². The van der Waals surface area contributed by atoms with Crippen molar-refractivity contribution in [2.45, 2.75) is 6.92 Å². The lowest BCUT2D eigenvalue weighted by atomic mass is 10.2. The SMILES string of the molecule is CCNc1ccc(N2CCN(C(=O)c3cccnc3)CC2)nn1. The van der Waals surface area contributed by atoms with E-state index in [0.717, 1.165) is 31.3 Å². The number of aromatic nitrogens is 3. The van der Waals surface area contributed by atoms with Gasteiger partial charge in [0.15, 0.2) is 5.82 Å². The molecule has 0 aliphatic carbocycles. The summed E-state index contributed by atoms with van der Waals surface area (Å²) in [6.07, 6.45) is 3.28. The molecular weight excluding hydrogens is 292 g/mol. The fraction of sp³-hybridized carbons (Fsp3) is 0.375. The summed E-state index contributed by atoms with van der Waals surface area (Å²) in [4.78, 5) is 20.4. The standard InChI is InChI=1S/C16H20N6O/c1-2-18-14-5-6-15(20-19-14)21-8-10-22(11-9-21)16(23)13-4-3-7-17-12-13/h3-7,12H,2,8-11H2,1H3,(H,18,19). The summed E-state index contributed by atoms with van der Waals surface area (Å²) in [5, 5.41) is 11.5. The molecule has 2 aromatic heterocycles. The molecule has 7 heteroatoms. The minimum atomic E-state index is 0.0336. The van der Waals surface area contributed by atoms with Crippen molar-refractivity contribution >= 4 is 17.5 Å². The largest absolute Gasteiger partial charge is 0.369 e. The molecule has 23 heavy (non-hydrogen) atoms. The summed E-state index contributed by atoms with van der Waals surface area (Å²) >= 11 is 0. The highest BCUT2D eigenvalue weighted by molar-refractivity contribution is 5.94. The molecular formula is C16H20N6O. The Morgan fingerprint density at radius 1 is 1.17 bits per heavy atom. The zero-order valence-corrected chi connectivity index (χ0v) is 13.1. The van der Waals surface area contributed by atoms with Crippen LogP contribution in [-0.2, 0) is 0 Å². The minimum Gasteiger partial charge on any atom is -0.369 e. The molecule has 0 spiro atoms. The molecule has 0 radical (unpaired) electrons. The van der Waals surface area contributed by atoms with Crippen LogP contribution in [0, 0.1) is 0 Å². The molecule has 0 unspecified atom stereocenters.